The quantitative estimate of drug-likeness (QED) is 0.601. The Morgan fingerprint density at radius 2 is 1.91 bits per heavy atom. The van der Waals surface area contributed by atoms with Crippen molar-refractivity contribution in [3.8, 4) is 5.69 Å². The summed E-state index contributed by atoms with van der Waals surface area (Å²) in [5.41, 5.74) is 2.08. The lowest BCUT2D eigenvalue weighted by Crippen LogP contribution is -2.31. The Kier molecular flexibility index (Phi) is 4.17. The van der Waals surface area contributed by atoms with E-state index in [-0.39, 0.29) is 0 Å². The first-order valence-corrected chi connectivity index (χ1v) is 6.62. The standard InChI is InChI=1S/C14H17F3N4O/c1-7-4-5-10(6-8(7)2)21-13(22)11(9(3)19-18)12(20-21)14(15,16)17/h4-6,9,19-20H,18H2,1-3H3. The average Bonchev–Trinajstić information content (AvgIpc) is 2.79. The molecular weight excluding hydrogens is 297 g/mol. The molecule has 1 heterocycles. The maximum Gasteiger partial charge on any atom is 0.433 e. The van der Waals surface area contributed by atoms with Crippen molar-refractivity contribution in [2.75, 3.05) is 0 Å². The molecule has 1 aromatic carbocycles. The number of aromatic amines is 1. The predicted molar refractivity (Wildman–Crippen MR) is 76.6 cm³/mol. The molecule has 1 aromatic heterocycles. The van der Waals surface area contributed by atoms with E-state index in [9.17, 15) is 18.0 Å². The van der Waals surface area contributed by atoms with Gasteiger partial charge in [-0.25, -0.2) is 4.68 Å². The molecule has 0 spiro atoms. The number of aromatic nitrogens is 2. The van der Waals surface area contributed by atoms with Gasteiger partial charge in [0.15, 0.2) is 0 Å². The second-order valence-corrected chi connectivity index (χ2v) is 5.20. The highest BCUT2D eigenvalue weighted by Crippen LogP contribution is 2.32. The van der Waals surface area contributed by atoms with Crippen molar-refractivity contribution in [2.24, 2.45) is 5.84 Å². The van der Waals surface area contributed by atoms with E-state index < -0.39 is 29.0 Å². The van der Waals surface area contributed by atoms with Crippen LogP contribution in [0.2, 0.25) is 0 Å². The fourth-order valence-corrected chi connectivity index (χ4v) is 2.20. The molecule has 0 amide bonds. The number of alkyl halides is 3. The van der Waals surface area contributed by atoms with Crippen LogP contribution in [0.1, 0.15) is 35.3 Å². The van der Waals surface area contributed by atoms with Gasteiger partial charge in [0.25, 0.3) is 5.56 Å². The molecule has 0 bridgehead atoms. The molecule has 8 heteroatoms. The number of halogens is 3. The molecule has 1 unspecified atom stereocenters. The molecule has 0 radical (unpaired) electrons. The minimum Gasteiger partial charge on any atom is -0.286 e. The Bertz CT molecular complexity index is 746. The Morgan fingerprint density at radius 1 is 1.27 bits per heavy atom. The lowest BCUT2D eigenvalue weighted by molar-refractivity contribution is -0.142. The molecule has 22 heavy (non-hydrogen) atoms. The van der Waals surface area contributed by atoms with Crippen LogP contribution in [-0.2, 0) is 6.18 Å². The van der Waals surface area contributed by atoms with Crippen LogP contribution in [0.15, 0.2) is 23.0 Å². The molecule has 0 aliphatic carbocycles. The van der Waals surface area contributed by atoms with Gasteiger partial charge in [-0.2, -0.15) is 13.2 Å². The number of aryl methyl sites for hydroxylation is 2. The molecule has 0 aliphatic heterocycles. The summed E-state index contributed by atoms with van der Waals surface area (Å²) in [5.74, 6) is 5.20. The van der Waals surface area contributed by atoms with E-state index in [2.05, 4.69) is 10.5 Å². The van der Waals surface area contributed by atoms with Crippen molar-refractivity contribution in [2.45, 2.75) is 33.0 Å². The summed E-state index contributed by atoms with van der Waals surface area (Å²) in [6, 6.07) is 4.05. The second kappa shape index (κ2) is 5.62. The van der Waals surface area contributed by atoms with Crippen molar-refractivity contribution in [3.05, 3.63) is 50.9 Å². The summed E-state index contributed by atoms with van der Waals surface area (Å²) < 4.78 is 40.3. The van der Waals surface area contributed by atoms with Crippen LogP contribution in [0.5, 0.6) is 0 Å². The van der Waals surface area contributed by atoms with E-state index in [1.165, 1.54) is 6.92 Å². The van der Waals surface area contributed by atoms with E-state index in [1.807, 2.05) is 13.8 Å². The predicted octanol–water partition coefficient (Wildman–Crippen LogP) is 2.33. The molecular formula is C14H17F3N4O. The normalized spacial score (nSPS) is 13.4. The molecule has 120 valence electrons. The number of hydrogen-bond donors (Lipinski definition) is 3. The van der Waals surface area contributed by atoms with E-state index in [4.69, 9.17) is 5.84 Å². The van der Waals surface area contributed by atoms with Gasteiger partial charge < -0.3 is 0 Å². The zero-order valence-corrected chi connectivity index (χ0v) is 12.4. The molecule has 0 saturated heterocycles. The van der Waals surface area contributed by atoms with Crippen LogP contribution in [0.25, 0.3) is 5.69 Å². The minimum atomic E-state index is -4.68. The van der Waals surface area contributed by atoms with E-state index >= 15 is 0 Å². The molecule has 0 aliphatic rings. The third-order valence-electron chi connectivity index (χ3n) is 3.64. The van der Waals surface area contributed by atoms with Gasteiger partial charge >= 0.3 is 6.18 Å². The first-order chi connectivity index (χ1) is 10.2. The number of H-pyrrole nitrogens is 1. The number of rotatable bonds is 3. The lowest BCUT2D eigenvalue weighted by Gasteiger charge is -2.11. The van der Waals surface area contributed by atoms with E-state index in [1.54, 1.807) is 18.2 Å². The number of benzene rings is 1. The monoisotopic (exact) mass is 314 g/mol. The number of nitrogens with two attached hydrogens (primary N) is 1. The van der Waals surface area contributed by atoms with Gasteiger partial charge in [0.1, 0.15) is 5.69 Å². The number of nitrogens with one attached hydrogen (secondary N) is 2. The SMILES string of the molecule is Cc1ccc(-n2[nH]c(C(F)(F)F)c(C(C)NN)c2=O)cc1C. The van der Waals surface area contributed by atoms with Crippen LogP contribution < -0.4 is 16.8 Å². The second-order valence-electron chi connectivity index (χ2n) is 5.20. The van der Waals surface area contributed by atoms with Gasteiger partial charge in [-0.3, -0.25) is 21.2 Å². The van der Waals surface area contributed by atoms with Crippen molar-refractivity contribution in [1.82, 2.24) is 15.2 Å². The largest absolute Gasteiger partial charge is 0.433 e. The Morgan fingerprint density at radius 3 is 2.41 bits per heavy atom. The molecule has 2 rings (SSSR count). The van der Waals surface area contributed by atoms with Crippen LogP contribution in [0.4, 0.5) is 13.2 Å². The summed E-state index contributed by atoms with van der Waals surface area (Å²) in [5, 5.41) is 2.15. The number of nitrogens with zero attached hydrogens (tertiary/aromatic N) is 1. The molecule has 4 N–H and O–H groups in total. The number of hydrogen-bond acceptors (Lipinski definition) is 3. The Balaban J connectivity index is 2.70. The summed E-state index contributed by atoms with van der Waals surface area (Å²) in [7, 11) is 0. The summed E-state index contributed by atoms with van der Waals surface area (Å²) in [6.45, 7) is 5.09. The summed E-state index contributed by atoms with van der Waals surface area (Å²) in [4.78, 5) is 12.4. The maximum atomic E-state index is 13.1. The first-order valence-electron chi connectivity index (χ1n) is 6.62. The van der Waals surface area contributed by atoms with Crippen molar-refractivity contribution in [3.63, 3.8) is 0 Å². The van der Waals surface area contributed by atoms with Gasteiger partial charge in [-0.15, -0.1) is 0 Å². The topological polar surface area (TPSA) is 75.8 Å². The van der Waals surface area contributed by atoms with Crippen molar-refractivity contribution in [1.29, 1.82) is 0 Å². The first kappa shape index (κ1) is 16.3. The zero-order chi connectivity index (χ0) is 16.7. The van der Waals surface area contributed by atoms with Crippen LogP contribution >= 0.6 is 0 Å². The van der Waals surface area contributed by atoms with Gasteiger partial charge in [0, 0.05) is 0 Å². The van der Waals surface area contributed by atoms with Crippen molar-refractivity contribution < 1.29 is 13.2 Å². The molecule has 2 aromatic rings. The maximum absolute atomic E-state index is 13.1. The van der Waals surface area contributed by atoms with Gasteiger partial charge in [-0.1, -0.05) is 6.07 Å². The summed E-state index contributed by atoms with van der Waals surface area (Å²) >= 11 is 0. The highest BCUT2D eigenvalue weighted by atomic mass is 19.4. The fraction of sp³-hybridized carbons (Fsp3) is 0.357. The highest BCUT2D eigenvalue weighted by molar-refractivity contribution is 5.40. The molecule has 1 atom stereocenters. The van der Waals surface area contributed by atoms with Crippen LogP contribution in [-0.4, -0.2) is 9.78 Å². The Hall–Kier alpha value is -2.06. The van der Waals surface area contributed by atoms with E-state index in [0.29, 0.717) is 5.69 Å². The molecule has 5 nitrogen and oxygen atoms in total. The lowest BCUT2D eigenvalue weighted by atomic mass is 10.1. The Labute approximate surface area is 124 Å². The minimum absolute atomic E-state index is 0.342. The van der Waals surface area contributed by atoms with E-state index in [0.717, 1.165) is 15.8 Å². The van der Waals surface area contributed by atoms with Gasteiger partial charge in [-0.05, 0) is 44.0 Å². The molecule has 0 fully saturated rings. The third-order valence-corrected chi connectivity index (χ3v) is 3.64. The van der Waals surface area contributed by atoms with Crippen LogP contribution in [0, 0.1) is 13.8 Å². The summed E-state index contributed by atoms with van der Waals surface area (Å²) in [6.07, 6.45) is -4.68. The molecule has 0 saturated carbocycles. The fourth-order valence-electron chi connectivity index (χ4n) is 2.20. The number of hydrazine groups is 1. The van der Waals surface area contributed by atoms with Gasteiger partial charge in [0.05, 0.1) is 17.3 Å². The smallest absolute Gasteiger partial charge is 0.286 e. The van der Waals surface area contributed by atoms with Crippen LogP contribution in [0.3, 0.4) is 0 Å². The highest BCUT2D eigenvalue weighted by Gasteiger charge is 2.39. The van der Waals surface area contributed by atoms with Gasteiger partial charge in [0.2, 0.25) is 0 Å². The zero-order valence-electron chi connectivity index (χ0n) is 12.4. The average molecular weight is 314 g/mol. The van der Waals surface area contributed by atoms with Crippen molar-refractivity contribution >= 4 is 0 Å². The third kappa shape index (κ3) is 2.79.